The summed E-state index contributed by atoms with van der Waals surface area (Å²) in [5.41, 5.74) is 3.76. The number of carbonyl (C=O) groups excluding carboxylic acids is 2. The molecule has 1 aromatic heterocycles. The lowest BCUT2D eigenvalue weighted by atomic mass is 9.99. The van der Waals surface area contributed by atoms with Gasteiger partial charge >= 0.3 is 5.97 Å². The lowest BCUT2D eigenvalue weighted by Crippen LogP contribution is -2.21. The van der Waals surface area contributed by atoms with Crippen molar-refractivity contribution in [1.82, 2.24) is 4.98 Å². The van der Waals surface area contributed by atoms with Crippen molar-refractivity contribution >= 4 is 28.5 Å². The molecule has 0 spiro atoms. The summed E-state index contributed by atoms with van der Waals surface area (Å²) in [6, 6.07) is 15.5. The van der Waals surface area contributed by atoms with E-state index in [-0.39, 0.29) is 18.9 Å². The highest BCUT2D eigenvalue weighted by Gasteiger charge is 2.12. The number of amides is 1. The molecule has 0 aliphatic rings. The van der Waals surface area contributed by atoms with Gasteiger partial charge in [0.05, 0.1) is 6.42 Å². The number of benzene rings is 2. The molecule has 0 unspecified atom stereocenters. The fourth-order valence-corrected chi connectivity index (χ4v) is 2.96. The topological polar surface area (TPSA) is 71.2 Å². The van der Waals surface area contributed by atoms with Gasteiger partial charge in [-0.05, 0) is 41.7 Å². The number of rotatable bonds is 7. The summed E-state index contributed by atoms with van der Waals surface area (Å²) >= 11 is 0. The van der Waals surface area contributed by atoms with Crippen LogP contribution in [0.2, 0.25) is 0 Å². The first-order valence-electron chi connectivity index (χ1n) is 9.17. The zero-order valence-corrected chi connectivity index (χ0v) is 15.6. The zero-order chi connectivity index (χ0) is 19.2. The summed E-state index contributed by atoms with van der Waals surface area (Å²) in [6.45, 7) is 4.01. The molecule has 1 amide bonds. The quantitative estimate of drug-likeness (QED) is 0.610. The second kappa shape index (κ2) is 8.54. The summed E-state index contributed by atoms with van der Waals surface area (Å²) in [7, 11) is 0. The first-order chi connectivity index (χ1) is 13.1. The molecule has 0 radical (unpaired) electrons. The number of fused-ring (bicyclic) bond motifs is 1. The van der Waals surface area contributed by atoms with Crippen LogP contribution >= 0.6 is 0 Å². The molecule has 2 N–H and O–H groups in total. The van der Waals surface area contributed by atoms with E-state index in [1.165, 1.54) is 5.56 Å². The Kier molecular flexibility index (Phi) is 5.91. The Balaban J connectivity index is 1.49. The second-order valence-electron chi connectivity index (χ2n) is 6.68. The molecule has 1 atom stereocenters. The fraction of sp³-hybridized carbons (Fsp3) is 0.273. The molecule has 0 fully saturated rings. The van der Waals surface area contributed by atoms with E-state index in [2.05, 4.69) is 24.1 Å². The molecular formula is C22H24N2O3. The number of hydrogen-bond acceptors (Lipinski definition) is 3. The normalized spacial score (nSPS) is 11.9. The molecule has 0 bridgehead atoms. The van der Waals surface area contributed by atoms with Crippen molar-refractivity contribution in [3.8, 4) is 0 Å². The van der Waals surface area contributed by atoms with Gasteiger partial charge in [0.1, 0.15) is 0 Å². The lowest BCUT2D eigenvalue weighted by molar-refractivity contribution is -0.146. The van der Waals surface area contributed by atoms with Crippen molar-refractivity contribution in [2.24, 2.45) is 0 Å². The number of H-pyrrole nitrogens is 1. The highest BCUT2D eigenvalue weighted by molar-refractivity contribution is 5.93. The minimum absolute atomic E-state index is 0.126. The van der Waals surface area contributed by atoms with E-state index < -0.39 is 5.97 Å². The highest BCUT2D eigenvalue weighted by Crippen LogP contribution is 2.20. The number of aromatic amines is 1. The zero-order valence-electron chi connectivity index (χ0n) is 15.6. The molecule has 0 aliphatic heterocycles. The SMILES string of the molecule is CC[C@H](C)c1ccc(NC(=O)COC(=O)Cc2c[nH]c3ccccc23)cc1. The molecule has 3 aromatic rings. The molecule has 0 saturated carbocycles. The molecule has 0 aliphatic carbocycles. The van der Waals surface area contributed by atoms with Crippen LogP contribution in [0.3, 0.4) is 0 Å². The van der Waals surface area contributed by atoms with E-state index in [1.54, 1.807) is 6.20 Å². The molecule has 27 heavy (non-hydrogen) atoms. The van der Waals surface area contributed by atoms with E-state index in [0.29, 0.717) is 11.6 Å². The Hall–Kier alpha value is -3.08. The van der Waals surface area contributed by atoms with Gasteiger partial charge in [-0.3, -0.25) is 9.59 Å². The molecule has 1 heterocycles. The molecule has 140 valence electrons. The molecule has 2 aromatic carbocycles. The summed E-state index contributed by atoms with van der Waals surface area (Å²) < 4.78 is 5.11. The van der Waals surface area contributed by atoms with Crippen molar-refractivity contribution < 1.29 is 14.3 Å². The van der Waals surface area contributed by atoms with Gasteiger partial charge in [-0.2, -0.15) is 0 Å². The van der Waals surface area contributed by atoms with Crippen LogP contribution < -0.4 is 5.32 Å². The number of esters is 1. The third-order valence-electron chi connectivity index (χ3n) is 4.75. The maximum Gasteiger partial charge on any atom is 0.310 e. The monoisotopic (exact) mass is 364 g/mol. The Morgan fingerprint density at radius 3 is 2.59 bits per heavy atom. The van der Waals surface area contributed by atoms with Crippen LogP contribution in [0, 0.1) is 0 Å². The van der Waals surface area contributed by atoms with Crippen LogP contribution in [0.25, 0.3) is 10.9 Å². The van der Waals surface area contributed by atoms with Gasteiger partial charge in [-0.25, -0.2) is 0 Å². The van der Waals surface area contributed by atoms with E-state index in [9.17, 15) is 9.59 Å². The van der Waals surface area contributed by atoms with E-state index in [4.69, 9.17) is 4.74 Å². The maximum atomic E-state index is 12.0. The number of para-hydroxylation sites is 1. The van der Waals surface area contributed by atoms with Crippen LogP contribution in [0.15, 0.2) is 54.7 Å². The van der Waals surface area contributed by atoms with E-state index in [0.717, 1.165) is 22.9 Å². The smallest absolute Gasteiger partial charge is 0.310 e. The summed E-state index contributed by atoms with van der Waals surface area (Å²) in [4.78, 5) is 27.2. The van der Waals surface area contributed by atoms with Gasteiger partial charge in [0.15, 0.2) is 6.61 Å². The third-order valence-corrected chi connectivity index (χ3v) is 4.75. The number of nitrogens with one attached hydrogen (secondary N) is 2. The first-order valence-corrected chi connectivity index (χ1v) is 9.17. The third kappa shape index (κ3) is 4.76. The minimum atomic E-state index is -0.429. The fourth-order valence-electron chi connectivity index (χ4n) is 2.96. The summed E-state index contributed by atoms with van der Waals surface area (Å²) in [6.07, 6.45) is 2.99. The Labute approximate surface area is 158 Å². The second-order valence-corrected chi connectivity index (χ2v) is 6.68. The van der Waals surface area contributed by atoms with Crippen LogP contribution in [0.5, 0.6) is 0 Å². The van der Waals surface area contributed by atoms with Crippen LogP contribution in [0.1, 0.15) is 37.3 Å². The van der Waals surface area contributed by atoms with Crippen LogP contribution in [0.4, 0.5) is 5.69 Å². The van der Waals surface area contributed by atoms with Crippen molar-refractivity contribution in [3.63, 3.8) is 0 Å². The summed E-state index contributed by atoms with van der Waals surface area (Å²) in [5, 5.41) is 3.73. The number of ether oxygens (including phenoxy) is 1. The standard InChI is InChI=1S/C22H24N2O3/c1-3-15(2)16-8-10-18(11-9-16)24-21(25)14-27-22(26)12-17-13-23-20-7-5-4-6-19(17)20/h4-11,13,15,23H,3,12,14H2,1-2H3,(H,24,25)/t15-/m0/s1. The molecular weight excluding hydrogens is 340 g/mol. The Bertz CT molecular complexity index is 928. The van der Waals surface area contributed by atoms with Crippen molar-refractivity contribution in [3.05, 3.63) is 65.9 Å². The minimum Gasteiger partial charge on any atom is -0.455 e. The van der Waals surface area contributed by atoms with Gasteiger partial charge in [0, 0.05) is 22.8 Å². The van der Waals surface area contributed by atoms with E-state index >= 15 is 0 Å². The number of aromatic nitrogens is 1. The van der Waals surface area contributed by atoms with E-state index in [1.807, 2.05) is 48.5 Å². The Morgan fingerprint density at radius 2 is 1.85 bits per heavy atom. The molecule has 5 nitrogen and oxygen atoms in total. The van der Waals surface area contributed by atoms with Crippen LogP contribution in [-0.4, -0.2) is 23.5 Å². The summed E-state index contributed by atoms with van der Waals surface area (Å²) in [5.74, 6) is -0.291. The maximum absolute atomic E-state index is 12.0. The molecule has 3 rings (SSSR count). The largest absolute Gasteiger partial charge is 0.455 e. The lowest BCUT2D eigenvalue weighted by Gasteiger charge is -2.10. The number of anilines is 1. The average Bonchev–Trinajstić information content (AvgIpc) is 3.09. The Morgan fingerprint density at radius 1 is 1.11 bits per heavy atom. The molecule has 5 heteroatoms. The van der Waals surface area contributed by atoms with Gasteiger partial charge in [0.2, 0.25) is 0 Å². The van der Waals surface area contributed by atoms with Gasteiger partial charge in [-0.1, -0.05) is 44.2 Å². The van der Waals surface area contributed by atoms with Crippen molar-refractivity contribution in [2.75, 3.05) is 11.9 Å². The number of hydrogen-bond donors (Lipinski definition) is 2. The average molecular weight is 364 g/mol. The van der Waals surface area contributed by atoms with Gasteiger partial charge in [-0.15, -0.1) is 0 Å². The van der Waals surface area contributed by atoms with Crippen molar-refractivity contribution in [1.29, 1.82) is 0 Å². The van der Waals surface area contributed by atoms with Crippen molar-refractivity contribution in [2.45, 2.75) is 32.6 Å². The van der Waals surface area contributed by atoms with Gasteiger partial charge < -0.3 is 15.0 Å². The first kappa shape index (κ1) is 18.7. The molecule has 0 saturated heterocycles. The predicted octanol–water partition coefficient (Wildman–Crippen LogP) is 4.41. The highest BCUT2D eigenvalue weighted by atomic mass is 16.5. The number of carbonyl (C=O) groups is 2. The van der Waals surface area contributed by atoms with Crippen LogP contribution in [-0.2, 0) is 20.7 Å². The predicted molar refractivity (Wildman–Crippen MR) is 107 cm³/mol. The van der Waals surface area contributed by atoms with Gasteiger partial charge in [0.25, 0.3) is 5.91 Å².